The van der Waals surface area contributed by atoms with Gasteiger partial charge in [-0.25, -0.2) is 20.3 Å². The maximum absolute atomic E-state index is 8.55. The van der Waals surface area contributed by atoms with Gasteiger partial charge in [-0.15, -0.1) is 0 Å². The summed E-state index contributed by atoms with van der Waals surface area (Å²) in [5.41, 5.74) is 0. The molecule has 2 N–H and O–H groups in total. The van der Waals surface area contributed by atoms with Crippen LogP contribution in [0.1, 0.15) is 25.7 Å². The molecule has 0 spiro atoms. The lowest BCUT2D eigenvalue weighted by Gasteiger charge is -2.30. The Morgan fingerprint density at radius 1 is 1.18 bits per heavy atom. The molecule has 2 saturated carbocycles. The second-order valence-corrected chi connectivity index (χ2v) is 3.57. The molecule has 64 valence electrons. The summed E-state index contributed by atoms with van der Waals surface area (Å²) in [5.74, 6) is -0.370. The highest BCUT2D eigenvalue weighted by Gasteiger charge is 2.54. The summed E-state index contributed by atoms with van der Waals surface area (Å²) >= 11 is 0. The molecule has 2 rings (SSSR count). The maximum Gasteiger partial charge on any atom is 0.236 e. The van der Waals surface area contributed by atoms with E-state index >= 15 is 0 Å². The molecule has 0 saturated heterocycles. The maximum atomic E-state index is 8.55. The van der Waals surface area contributed by atoms with Crippen molar-refractivity contribution in [2.45, 2.75) is 31.5 Å². The van der Waals surface area contributed by atoms with E-state index in [-0.39, 0.29) is 5.92 Å². The topological polar surface area (TPSA) is 58.9 Å². The summed E-state index contributed by atoms with van der Waals surface area (Å²) in [5, 5.41) is 17.1. The van der Waals surface area contributed by atoms with E-state index in [1.165, 1.54) is 6.42 Å². The Hall–Kier alpha value is -0.160. The molecule has 0 aromatic rings. The fraction of sp³-hybridized carbons (Fsp3) is 1.00. The summed E-state index contributed by atoms with van der Waals surface area (Å²) in [6, 6.07) is 0. The van der Waals surface area contributed by atoms with Crippen molar-refractivity contribution in [3.63, 3.8) is 0 Å². The van der Waals surface area contributed by atoms with E-state index in [4.69, 9.17) is 10.5 Å². The lowest BCUT2D eigenvalue weighted by atomic mass is 9.94. The van der Waals surface area contributed by atoms with Crippen LogP contribution in [0.4, 0.5) is 0 Å². The standard InChI is InChI=1S/C7H12O4/c8-10-7(11-9)4-5-1-2-6(7)3-5/h5-6,8-9H,1-4H2. The Bertz CT molecular complexity index is 155. The van der Waals surface area contributed by atoms with Crippen LogP contribution in [0.15, 0.2) is 0 Å². The highest BCUT2D eigenvalue weighted by Crippen LogP contribution is 2.52. The van der Waals surface area contributed by atoms with E-state index in [0.717, 1.165) is 12.8 Å². The molecule has 0 aromatic heterocycles. The molecule has 2 aliphatic rings. The smallest absolute Gasteiger partial charge is 0.236 e. The van der Waals surface area contributed by atoms with Gasteiger partial charge < -0.3 is 0 Å². The molecular weight excluding hydrogens is 148 g/mol. The summed E-state index contributed by atoms with van der Waals surface area (Å²) < 4.78 is 0. The van der Waals surface area contributed by atoms with Crippen LogP contribution in [0.5, 0.6) is 0 Å². The first-order valence-corrected chi connectivity index (χ1v) is 3.96. The third-order valence-corrected chi connectivity index (χ3v) is 3.05. The predicted octanol–water partition coefficient (Wildman–Crippen LogP) is 1.48. The molecule has 0 aromatic carbocycles. The van der Waals surface area contributed by atoms with Gasteiger partial charge in [0.1, 0.15) is 0 Å². The third-order valence-electron chi connectivity index (χ3n) is 3.05. The van der Waals surface area contributed by atoms with E-state index in [1.807, 2.05) is 0 Å². The van der Waals surface area contributed by atoms with Crippen LogP contribution in [0, 0.1) is 11.8 Å². The first kappa shape index (κ1) is 7.49. The lowest BCUT2D eigenvalue weighted by Crippen LogP contribution is -2.39. The Morgan fingerprint density at radius 2 is 1.91 bits per heavy atom. The second-order valence-electron chi connectivity index (χ2n) is 3.57. The molecule has 11 heavy (non-hydrogen) atoms. The zero-order chi connectivity index (χ0) is 7.90. The Morgan fingerprint density at radius 3 is 2.18 bits per heavy atom. The summed E-state index contributed by atoms with van der Waals surface area (Å²) in [4.78, 5) is 8.42. The van der Waals surface area contributed by atoms with Crippen LogP contribution in [-0.2, 0) is 9.78 Å². The average molecular weight is 160 g/mol. The van der Waals surface area contributed by atoms with Gasteiger partial charge in [0, 0.05) is 12.3 Å². The molecule has 2 atom stereocenters. The van der Waals surface area contributed by atoms with E-state index in [9.17, 15) is 0 Å². The second kappa shape index (κ2) is 2.42. The van der Waals surface area contributed by atoms with Gasteiger partial charge in [0.05, 0.1) is 0 Å². The summed E-state index contributed by atoms with van der Waals surface area (Å²) in [6.45, 7) is 0. The van der Waals surface area contributed by atoms with Crippen LogP contribution >= 0.6 is 0 Å². The van der Waals surface area contributed by atoms with Crippen molar-refractivity contribution in [1.29, 1.82) is 0 Å². The highest BCUT2D eigenvalue weighted by atomic mass is 17.2. The lowest BCUT2D eigenvalue weighted by molar-refractivity contribution is -0.498. The monoisotopic (exact) mass is 160 g/mol. The van der Waals surface area contributed by atoms with Crippen molar-refractivity contribution < 1.29 is 20.3 Å². The van der Waals surface area contributed by atoms with Crippen LogP contribution < -0.4 is 0 Å². The minimum atomic E-state index is -1.09. The number of fused-ring (bicyclic) bond motifs is 2. The molecule has 2 unspecified atom stereocenters. The van der Waals surface area contributed by atoms with Gasteiger partial charge in [0.2, 0.25) is 5.79 Å². The fourth-order valence-electron chi connectivity index (χ4n) is 2.47. The van der Waals surface area contributed by atoms with Crippen LogP contribution in [0.3, 0.4) is 0 Å². The minimum Gasteiger partial charge on any atom is -0.249 e. The number of rotatable bonds is 2. The van der Waals surface area contributed by atoms with Crippen molar-refractivity contribution in [3.05, 3.63) is 0 Å². The Kier molecular flexibility index (Phi) is 1.64. The van der Waals surface area contributed by atoms with E-state index in [0.29, 0.717) is 12.3 Å². The molecule has 4 nitrogen and oxygen atoms in total. The molecular formula is C7H12O4. The Labute approximate surface area is 64.6 Å². The Balaban J connectivity index is 2.14. The zero-order valence-corrected chi connectivity index (χ0v) is 6.19. The van der Waals surface area contributed by atoms with Gasteiger partial charge in [-0.1, -0.05) is 0 Å². The van der Waals surface area contributed by atoms with Crippen LogP contribution in [-0.4, -0.2) is 16.3 Å². The molecule has 0 amide bonds. The quantitative estimate of drug-likeness (QED) is 0.365. The van der Waals surface area contributed by atoms with E-state index in [2.05, 4.69) is 9.78 Å². The van der Waals surface area contributed by atoms with Gasteiger partial charge >= 0.3 is 0 Å². The van der Waals surface area contributed by atoms with E-state index in [1.54, 1.807) is 0 Å². The molecule has 0 radical (unpaired) electrons. The van der Waals surface area contributed by atoms with Crippen molar-refractivity contribution >= 4 is 0 Å². The molecule has 2 bridgehead atoms. The largest absolute Gasteiger partial charge is 0.249 e. The molecule has 4 heteroatoms. The zero-order valence-electron chi connectivity index (χ0n) is 6.19. The SMILES string of the molecule is OOC1(OO)CC2CCC1C2. The third kappa shape index (κ3) is 0.906. The van der Waals surface area contributed by atoms with Crippen LogP contribution in [0.25, 0.3) is 0 Å². The van der Waals surface area contributed by atoms with Crippen molar-refractivity contribution in [2.24, 2.45) is 11.8 Å². The molecule has 0 aliphatic heterocycles. The van der Waals surface area contributed by atoms with Gasteiger partial charge in [-0.05, 0) is 25.2 Å². The first-order valence-electron chi connectivity index (χ1n) is 3.96. The van der Waals surface area contributed by atoms with Crippen molar-refractivity contribution in [3.8, 4) is 0 Å². The average Bonchev–Trinajstić information content (AvgIpc) is 2.62. The van der Waals surface area contributed by atoms with Gasteiger partial charge in [0.15, 0.2) is 0 Å². The summed E-state index contributed by atoms with van der Waals surface area (Å²) in [6.07, 6.45) is 3.76. The minimum absolute atomic E-state index is 0.169. The molecule has 2 fully saturated rings. The highest BCUT2D eigenvalue weighted by molar-refractivity contribution is 4.95. The summed E-state index contributed by atoms with van der Waals surface area (Å²) in [7, 11) is 0. The van der Waals surface area contributed by atoms with Crippen molar-refractivity contribution in [1.82, 2.24) is 0 Å². The predicted molar refractivity (Wildman–Crippen MR) is 35.6 cm³/mol. The van der Waals surface area contributed by atoms with E-state index < -0.39 is 5.79 Å². The van der Waals surface area contributed by atoms with Crippen LogP contribution in [0.2, 0.25) is 0 Å². The number of hydrogen-bond donors (Lipinski definition) is 2. The van der Waals surface area contributed by atoms with Crippen molar-refractivity contribution in [2.75, 3.05) is 0 Å². The molecule has 0 heterocycles. The number of hydrogen-bond acceptors (Lipinski definition) is 4. The van der Waals surface area contributed by atoms with Gasteiger partial charge in [0.25, 0.3) is 0 Å². The fourth-order valence-corrected chi connectivity index (χ4v) is 2.47. The molecule has 2 aliphatic carbocycles. The first-order chi connectivity index (χ1) is 5.30. The normalized spacial score (nSPS) is 39.8. The van der Waals surface area contributed by atoms with Gasteiger partial charge in [-0.2, -0.15) is 0 Å². The van der Waals surface area contributed by atoms with Gasteiger partial charge in [-0.3, -0.25) is 0 Å².